The van der Waals surface area contributed by atoms with Gasteiger partial charge in [0.25, 0.3) is 5.91 Å². The van der Waals surface area contributed by atoms with Gasteiger partial charge in [-0.2, -0.15) is 0 Å². The number of amides is 2. The van der Waals surface area contributed by atoms with E-state index in [0.717, 1.165) is 32.7 Å². The van der Waals surface area contributed by atoms with Gasteiger partial charge in [0.15, 0.2) is 0 Å². The molecule has 1 fully saturated rings. The second kappa shape index (κ2) is 8.78. The number of nitrogens with one attached hydrogen (secondary N) is 1. The molecule has 0 bridgehead atoms. The number of carbonyl (C=O) groups is 2. The molecule has 0 saturated carbocycles. The van der Waals surface area contributed by atoms with Crippen LogP contribution in [-0.2, 0) is 4.79 Å². The van der Waals surface area contributed by atoms with Gasteiger partial charge in [0.05, 0.1) is 0 Å². The fraction of sp³-hybridized carbons (Fsp3) is 0.556. The van der Waals surface area contributed by atoms with E-state index in [4.69, 9.17) is 0 Å². The Hall–Kier alpha value is -1.95. The summed E-state index contributed by atoms with van der Waals surface area (Å²) >= 11 is 0. The molecule has 0 spiro atoms. The zero-order valence-corrected chi connectivity index (χ0v) is 14.4. The molecule has 0 unspecified atom stereocenters. The van der Waals surface area contributed by atoms with Crippen molar-refractivity contribution in [2.75, 3.05) is 39.3 Å². The largest absolute Gasteiger partial charge is 0.352 e. The highest BCUT2D eigenvalue weighted by molar-refractivity contribution is 5.94. The number of piperazine rings is 1. The van der Waals surface area contributed by atoms with Gasteiger partial charge in [0.2, 0.25) is 5.91 Å². The summed E-state index contributed by atoms with van der Waals surface area (Å²) in [4.78, 5) is 28.3. The molecule has 0 aromatic heterocycles. The first-order chi connectivity index (χ1) is 11.5. The van der Waals surface area contributed by atoms with E-state index < -0.39 is 0 Å². The summed E-state index contributed by atoms with van der Waals surface area (Å²) in [6.45, 7) is 9.06. The van der Waals surface area contributed by atoms with Crippen LogP contribution in [0.25, 0.3) is 0 Å². The predicted molar refractivity (Wildman–Crippen MR) is 91.2 cm³/mol. The number of carbonyl (C=O) groups excluding carboxylic acids is 2. The second-order valence-electron chi connectivity index (χ2n) is 6.59. The van der Waals surface area contributed by atoms with Crippen LogP contribution >= 0.6 is 0 Å². The lowest BCUT2D eigenvalue weighted by atomic mass is 10.2. The number of benzene rings is 1. The van der Waals surface area contributed by atoms with E-state index in [1.807, 2.05) is 4.90 Å². The van der Waals surface area contributed by atoms with Gasteiger partial charge in [-0.25, -0.2) is 4.39 Å². The van der Waals surface area contributed by atoms with Crippen LogP contribution in [0, 0.1) is 11.7 Å². The Bertz CT molecular complexity index is 552. The van der Waals surface area contributed by atoms with Crippen LogP contribution in [0.1, 0.15) is 30.6 Å². The predicted octanol–water partition coefficient (Wildman–Crippen LogP) is 1.75. The molecule has 0 aliphatic carbocycles. The van der Waals surface area contributed by atoms with Crippen molar-refractivity contribution < 1.29 is 14.0 Å². The van der Waals surface area contributed by atoms with Crippen LogP contribution in [0.4, 0.5) is 4.39 Å². The van der Waals surface area contributed by atoms with E-state index in [-0.39, 0.29) is 24.1 Å². The van der Waals surface area contributed by atoms with E-state index in [0.29, 0.717) is 18.0 Å². The first-order valence-corrected chi connectivity index (χ1v) is 8.49. The highest BCUT2D eigenvalue weighted by Gasteiger charge is 2.21. The summed E-state index contributed by atoms with van der Waals surface area (Å²) in [7, 11) is 0. The summed E-state index contributed by atoms with van der Waals surface area (Å²) in [6.07, 6.45) is 0.289. The minimum absolute atomic E-state index is 0.0682. The van der Waals surface area contributed by atoms with Gasteiger partial charge >= 0.3 is 0 Å². The van der Waals surface area contributed by atoms with Gasteiger partial charge in [-0.1, -0.05) is 13.8 Å². The third-order valence-electron chi connectivity index (χ3n) is 4.08. The zero-order valence-electron chi connectivity index (χ0n) is 14.4. The van der Waals surface area contributed by atoms with Crippen molar-refractivity contribution in [1.82, 2.24) is 15.1 Å². The molecule has 1 aromatic carbocycles. The highest BCUT2D eigenvalue weighted by atomic mass is 19.1. The lowest BCUT2D eigenvalue weighted by molar-refractivity contribution is -0.132. The number of nitrogens with zero attached hydrogens (tertiary/aromatic N) is 2. The molecule has 132 valence electrons. The van der Waals surface area contributed by atoms with E-state index in [9.17, 15) is 14.0 Å². The van der Waals surface area contributed by atoms with E-state index in [2.05, 4.69) is 24.1 Å². The molecule has 1 aromatic rings. The van der Waals surface area contributed by atoms with E-state index in [1.54, 1.807) is 0 Å². The maximum atomic E-state index is 12.8. The molecule has 1 saturated heterocycles. The normalized spacial score (nSPS) is 15.6. The first-order valence-electron chi connectivity index (χ1n) is 8.49. The second-order valence-corrected chi connectivity index (χ2v) is 6.59. The van der Waals surface area contributed by atoms with Gasteiger partial charge < -0.3 is 10.2 Å². The smallest absolute Gasteiger partial charge is 0.251 e. The SMILES string of the molecule is CC(C)CN1CCN(C(=O)CCNC(=O)c2ccc(F)cc2)CC1. The van der Waals surface area contributed by atoms with Crippen molar-refractivity contribution in [1.29, 1.82) is 0 Å². The van der Waals surface area contributed by atoms with Crippen molar-refractivity contribution in [3.63, 3.8) is 0 Å². The molecule has 2 amide bonds. The Morgan fingerprint density at radius 3 is 2.33 bits per heavy atom. The van der Waals surface area contributed by atoms with Crippen LogP contribution in [0.15, 0.2) is 24.3 Å². The molecular weight excluding hydrogens is 309 g/mol. The molecule has 1 heterocycles. The van der Waals surface area contributed by atoms with Gasteiger partial charge in [0.1, 0.15) is 5.82 Å². The third-order valence-corrected chi connectivity index (χ3v) is 4.08. The van der Waals surface area contributed by atoms with Crippen LogP contribution in [0.2, 0.25) is 0 Å². The highest BCUT2D eigenvalue weighted by Crippen LogP contribution is 2.07. The first kappa shape index (κ1) is 18.4. The summed E-state index contributed by atoms with van der Waals surface area (Å²) in [5.41, 5.74) is 0.395. The van der Waals surface area contributed by atoms with Crippen molar-refractivity contribution in [3.8, 4) is 0 Å². The van der Waals surface area contributed by atoms with Crippen molar-refractivity contribution in [2.24, 2.45) is 5.92 Å². The molecule has 0 atom stereocenters. The molecule has 6 heteroatoms. The van der Waals surface area contributed by atoms with Crippen LogP contribution < -0.4 is 5.32 Å². The molecule has 1 aliphatic rings. The Labute approximate surface area is 142 Å². The number of rotatable bonds is 6. The molecule has 0 radical (unpaired) electrons. The maximum absolute atomic E-state index is 12.8. The fourth-order valence-electron chi connectivity index (χ4n) is 2.84. The van der Waals surface area contributed by atoms with Crippen molar-refractivity contribution in [3.05, 3.63) is 35.6 Å². The quantitative estimate of drug-likeness (QED) is 0.862. The number of hydrogen-bond donors (Lipinski definition) is 1. The van der Waals surface area contributed by atoms with Gasteiger partial charge in [-0.15, -0.1) is 0 Å². The summed E-state index contributed by atoms with van der Waals surface area (Å²) < 4.78 is 12.8. The third kappa shape index (κ3) is 5.60. The fourth-order valence-corrected chi connectivity index (χ4v) is 2.84. The molecule has 24 heavy (non-hydrogen) atoms. The van der Waals surface area contributed by atoms with Crippen molar-refractivity contribution in [2.45, 2.75) is 20.3 Å². The molecule has 5 nitrogen and oxygen atoms in total. The van der Waals surface area contributed by atoms with Gasteiger partial charge in [-0.3, -0.25) is 14.5 Å². The molecule has 2 rings (SSSR count). The van der Waals surface area contributed by atoms with Crippen LogP contribution in [-0.4, -0.2) is 60.9 Å². The lowest BCUT2D eigenvalue weighted by Crippen LogP contribution is -2.49. The Kier molecular flexibility index (Phi) is 6.73. The molecular formula is C18H26FN3O2. The number of halogens is 1. The summed E-state index contributed by atoms with van der Waals surface area (Å²) in [6, 6.07) is 5.36. The molecule has 1 aliphatic heterocycles. The van der Waals surface area contributed by atoms with E-state index in [1.165, 1.54) is 24.3 Å². The summed E-state index contributed by atoms with van der Waals surface area (Å²) in [5.74, 6) is 0.0374. The monoisotopic (exact) mass is 335 g/mol. The van der Waals surface area contributed by atoms with Gasteiger partial charge in [0, 0.05) is 51.3 Å². The maximum Gasteiger partial charge on any atom is 0.251 e. The Morgan fingerprint density at radius 2 is 1.75 bits per heavy atom. The topological polar surface area (TPSA) is 52.6 Å². The Balaban J connectivity index is 1.68. The van der Waals surface area contributed by atoms with Crippen LogP contribution in [0.3, 0.4) is 0 Å². The standard InChI is InChI=1S/C18H26FN3O2/c1-14(2)13-21-9-11-22(12-10-21)17(23)7-8-20-18(24)15-3-5-16(19)6-4-15/h3-6,14H,7-13H2,1-2H3,(H,20,24). The van der Waals surface area contributed by atoms with E-state index >= 15 is 0 Å². The average molecular weight is 335 g/mol. The minimum atomic E-state index is -0.377. The van der Waals surface area contributed by atoms with Gasteiger partial charge in [-0.05, 0) is 30.2 Å². The Morgan fingerprint density at radius 1 is 1.12 bits per heavy atom. The average Bonchev–Trinajstić information content (AvgIpc) is 2.55. The summed E-state index contributed by atoms with van der Waals surface area (Å²) in [5, 5.41) is 2.70. The zero-order chi connectivity index (χ0) is 17.5. The minimum Gasteiger partial charge on any atom is -0.352 e. The van der Waals surface area contributed by atoms with Crippen LogP contribution in [0.5, 0.6) is 0 Å². The van der Waals surface area contributed by atoms with Crippen molar-refractivity contribution >= 4 is 11.8 Å². The number of hydrogen-bond acceptors (Lipinski definition) is 3. The molecule has 1 N–H and O–H groups in total. The lowest BCUT2D eigenvalue weighted by Gasteiger charge is -2.35.